The van der Waals surface area contributed by atoms with Crippen LogP contribution in [0.25, 0.3) is 0 Å². The molecule has 0 bridgehead atoms. The molecule has 0 aromatic carbocycles. The lowest BCUT2D eigenvalue weighted by Crippen LogP contribution is -2.66. The van der Waals surface area contributed by atoms with E-state index in [1.165, 1.54) is 96.3 Å². The van der Waals surface area contributed by atoms with Gasteiger partial charge in [-0.25, -0.2) is 0 Å². The smallest absolute Gasteiger partial charge is 0.220 e. The van der Waals surface area contributed by atoms with Crippen molar-refractivity contribution in [3.05, 3.63) is 72.9 Å². The third-order valence-electron chi connectivity index (χ3n) is 15.8. The maximum absolute atomic E-state index is 13.4. The molecule has 3 aliphatic rings. The minimum atomic E-state index is -1.98. The van der Waals surface area contributed by atoms with Crippen LogP contribution in [0.4, 0.5) is 0 Å². The van der Waals surface area contributed by atoms with Gasteiger partial charge in [0.05, 0.1) is 38.6 Å². The summed E-state index contributed by atoms with van der Waals surface area (Å²) in [4.78, 5) is 13.4. The van der Waals surface area contributed by atoms with Crippen molar-refractivity contribution < 1.29 is 89.4 Å². The fraction of sp³-hybridized carbons (Fsp3) is 0.800. The van der Waals surface area contributed by atoms with E-state index < -0.39 is 124 Å². The SMILES string of the molecule is CC/C=C\C/C=C\C/C=C\C/C=C\C/C=C\CCCCCC(=O)NC(COC1OC(CO)C(OC2OC(CO)C(OC3OC(CO)C(O)C(O)C3O)C(O)C2O)C(O)C1O)C(O)/C=C/CCCCCCCCCCCCCCCCCCCC. The highest BCUT2D eigenvalue weighted by Gasteiger charge is 2.53. The van der Waals surface area contributed by atoms with Crippen molar-refractivity contribution in [2.75, 3.05) is 26.4 Å². The third-order valence-corrected chi connectivity index (χ3v) is 15.8. The van der Waals surface area contributed by atoms with Crippen LogP contribution in [0.5, 0.6) is 0 Å². The molecule has 3 rings (SSSR count). The van der Waals surface area contributed by atoms with E-state index in [0.29, 0.717) is 6.42 Å². The van der Waals surface area contributed by atoms with Gasteiger partial charge in [0.1, 0.15) is 73.2 Å². The number of ether oxygens (including phenoxy) is 6. The molecule has 3 saturated heterocycles. The quantitative estimate of drug-likeness (QED) is 0.0216. The van der Waals surface area contributed by atoms with Gasteiger partial charge in [-0.2, -0.15) is 0 Å². The van der Waals surface area contributed by atoms with Crippen LogP contribution in [-0.2, 0) is 33.2 Å². The van der Waals surface area contributed by atoms with Crippen LogP contribution in [0.3, 0.4) is 0 Å². The van der Waals surface area contributed by atoms with E-state index in [1.807, 2.05) is 6.08 Å². The van der Waals surface area contributed by atoms with Crippen molar-refractivity contribution in [1.82, 2.24) is 5.32 Å². The van der Waals surface area contributed by atoms with Crippen LogP contribution in [-0.4, -0.2) is 193 Å². The van der Waals surface area contributed by atoms with E-state index in [9.17, 15) is 61.0 Å². The number of rotatable bonds is 47. The van der Waals surface area contributed by atoms with Crippen molar-refractivity contribution >= 4 is 5.91 Å². The standard InChI is InChI=1S/C65H113NO18/c1-3-5-7-9-11-13-15-17-19-21-23-25-26-28-30-32-34-36-38-40-42-49(70)48(66-53(71)43-41-39-37-35-33-31-29-27-24-22-20-18-16-14-12-10-8-6-4-2)47-79-63-59(77)56(74)61(51(45-68)81-63)84-65-60(78)57(75)62(52(46-69)82-65)83-64-58(76)55(73)54(72)50(44-67)80-64/h6,8,12,14,18,20,24,27,31,33,40,42,48-52,54-65,67-70,72-78H,3-5,7,9-11,13,15-17,19,21-23,25-26,28-30,32,34-39,41,43-47H2,1-2H3,(H,66,71)/b8-6-,14-12-,20-18-,27-24-,33-31-,42-40+. The molecule has 19 nitrogen and oxygen atoms in total. The molecule has 3 fully saturated rings. The van der Waals surface area contributed by atoms with E-state index in [0.717, 1.165) is 77.0 Å². The van der Waals surface area contributed by atoms with Gasteiger partial charge in [0.2, 0.25) is 5.91 Å². The normalized spacial score (nSPS) is 29.7. The Labute approximate surface area is 502 Å². The topological polar surface area (TPSA) is 307 Å². The average molecular weight is 1200 g/mol. The monoisotopic (exact) mass is 1200 g/mol. The summed E-state index contributed by atoms with van der Waals surface area (Å²) in [5, 5.41) is 120. The van der Waals surface area contributed by atoms with Gasteiger partial charge in [-0.1, -0.05) is 202 Å². The van der Waals surface area contributed by atoms with Gasteiger partial charge in [0.25, 0.3) is 0 Å². The maximum Gasteiger partial charge on any atom is 0.220 e. The summed E-state index contributed by atoms with van der Waals surface area (Å²) in [7, 11) is 0. The largest absolute Gasteiger partial charge is 0.394 e. The van der Waals surface area contributed by atoms with E-state index in [2.05, 4.69) is 79.9 Å². The molecule has 19 heteroatoms. The molecule has 0 spiro atoms. The van der Waals surface area contributed by atoms with Crippen molar-refractivity contribution in [1.29, 1.82) is 0 Å². The predicted molar refractivity (Wildman–Crippen MR) is 323 cm³/mol. The van der Waals surface area contributed by atoms with Crippen LogP contribution >= 0.6 is 0 Å². The van der Waals surface area contributed by atoms with Crippen LogP contribution in [0.2, 0.25) is 0 Å². The van der Waals surface area contributed by atoms with Crippen LogP contribution in [0, 0.1) is 0 Å². The Bertz CT molecular complexity index is 1810. The number of hydrogen-bond acceptors (Lipinski definition) is 18. The number of nitrogens with one attached hydrogen (secondary N) is 1. The zero-order chi connectivity index (χ0) is 61.2. The van der Waals surface area contributed by atoms with Crippen molar-refractivity contribution in [3.8, 4) is 0 Å². The summed E-state index contributed by atoms with van der Waals surface area (Å²) in [6.45, 7) is 1.58. The third kappa shape index (κ3) is 30.0. The molecule has 486 valence electrons. The van der Waals surface area contributed by atoms with E-state index in [-0.39, 0.29) is 18.9 Å². The highest BCUT2D eigenvalue weighted by atomic mass is 16.8. The number of unbranched alkanes of at least 4 members (excludes halogenated alkanes) is 21. The number of carbonyl (C=O) groups is 1. The molecule has 3 aliphatic heterocycles. The first-order valence-corrected chi connectivity index (χ1v) is 32.2. The Hall–Kier alpha value is -2.77. The van der Waals surface area contributed by atoms with Gasteiger partial charge >= 0.3 is 0 Å². The zero-order valence-corrected chi connectivity index (χ0v) is 50.9. The lowest BCUT2D eigenvalue weighted by atomic mass is 9.96. The molecular weight excluding hydrogens is 1080 g/mol. The Morgan fingerprint density at radius 1 is 0.440 bits per heavy atom. The predicted octanol–water partition coefficient (Wildman–Crippen LogP) is 6.99. The Balaban J connectivity index is 1.50. The van der Waals surface area contributed by atoms with Crippen LogP contribution < -0.4 is 5.32 Å². The molecule has 0 aromatic rings. The highest BCUT2D eigenvalue weighted by Crippen LogP contribution is 2.33. The fourth-order valence-corrected chi connectivity index (χ4v) is 10.5. The molecule has 1 amide bonds. The summed E-state index contributed by atoms with van der Waals surface area (Å²) in [6.07, 6.45) is 30.1. The number of aliphatic hydroxyl groups excluding tert-OH is 11. The van der Waals surface area contributed by atoms with Gasteiger partial charge in [0.15, 0.2) is 18.9 Å². The first-order chi connectivity index (χ1) is 40.8. The minimum Gasteiger partial charge on any atom is -0.394 e. The van der Waals surface area contributed by atoms with E-state index in [1.54, 1.807) is 6.08 Å². The van der Waals surface area contributed by atoms with Gasteiger partial charge in [0, 0.05) is 6.42 Å². The molecule has 0 aliphatic carbocycles. The lowest BCUT2D eigenvalue weighted by molar-refractivity contribution is -0.379. The molecule has 0 radical (unpaired) electrons. The van der Waals surface area contributed by atoms with Gasteiger partial charge in [-0.3, -0.25) is 4.79 Å². The first kappa shape index (κ1) is 75.5. The second-order valence-electron chi connectivity index (χ2n) is 22.8. The Morgan fingerprint density at radius 3 is 1.29 bits per heavy atom. The van der Waals surface area contributed by atoms with Crippen LogP contribution in [0.1, 0.15) is 200 Å². The van der Waals surface area contributed by atoms with Crippen molar-refractivity contribution in [3.63, 3.8) is 0 Å². The molecule has 17 unspecified atom stereocenters. The Kier molecular flexibility index (Phi) is 42.5. The summed E-state index contributed by atoms with van der Waals surface area (Å²) in [5.41, 5.74) is 0. The summed E-state index contributed by atoms with van der Waals surface area (Å²) < 4.78 is 34.3. The summed E-state index contributed by atoms with van der Waals surface area (Å²) in [5.74, 6) is -0.309. The van der Waals surface area contributed by atoms with E-state index in [4.69, 9.17) is 28.4 Å². The Morgan fingerprint density at radius 2 is 0.821 bits per heavy atom. The first-order valence-electron chi connectivity index (χ1n) is 32.2. The number of hydrogen-bond donors (Lipinski definition) is 12. The van der Waals surface area contributed by atoms with Crippen LogP contribution in [0.15, 0.2) is 72.9 Å². The summed E-state index contributed by atoms with van der Waals surface area (Å²) in [6, 6.07) is -0.995. The molecular formula is C65H113NO18. The van der Waals surface area contributed by atoms with Gasteiger partial charge < -0.3 is 89.9 Å². The second-order valence-corrected chi connectivity index (χ2v) is 22.8. The minimum absolute atomic E-state index is 0.201. The molecule has 17 atom stereocenters. The number of amides is 1. The molecule has 0 aromatic heterocycles. The summed E-state index contributed by atoms with van der Waals surface area (Å²) >= 11 is 0. The van der Waals surface area contributed by atoms with Crippen molar-refractivity contribution in [2.45, 2.75) is 304 Å². The molecule has 84 heavy (non-hydrogen) atoms. The number of aliphatic hydroxyl groups is 11. The van der Waals surface area contributed by atoms with Gasteiger partial charge in [-0.05, 0) is 64.2 Å². The van der Waals surface area contributed by atoms with Crippen molar-refractivity contribution in [2.24, 2.45) is 0 Å². The number of carbonyl (C=O) groups excluding carboxylic acids is 1. The molecule has 0 saturated carbocycles. The maximum atomic E-state index is 13.4. The fourth-order valence-electron chi connectivity index (χ4n) is 10.5. The molecule has 3 heterocycles. The zero-order valence-electron chi connectivity index (χ0n) is 50.9. The number of allylic oxidation sites excluding steroid dienone is 11. The lowest BCUT2D eigenvalue weighted by Gasteiger charge is -2.48. The highest BCUT2D eigenvalue weighted by molar-refractivity contribution is 5.76. The van der Waals surface area contributed by atoms with Gasteiger partial charge in [-0.15, -0.1) is 0 Å². The molecule has 12 N–H and O–H groups in total. The van der Waals surface area contributed by atoms with E-state index >= 15 is 0 Å². The second kappa shape index (κ2) is 47.3. The average Bonchev–Trinajstić information content (AvgIpc) is 2.79.